The van der Waals surface area contributed by atoms with Gasteiger partial charge in [0.15, 0.2) is 0 Å². The first-order valence-electron chi connectivity index (χ1n) is 8.36. The van der Waals surface area contributed by atoms with E-state index in [0.717, 1.165) is 11.8 Å². The van der Waals surface area contributed by atoms with Gasteiger partial charge in [0.05, 0.1) is 0 Å². The van der Waals surface area contributed by atoms with E-state index in [1.54, 1.807) is 0 Å². The van der Waals surface area contributed by atoms with Crippen LogP contribution in [0.2, 0.25) is 0 Å². The Morgan fingerprint density at radius 3 is 1.17 bits per heavy atom. The summed E-state index contributed by atoms with van der Waals surface area (Å²) in [5.41, 5.74) is 0. The third-order valence-electron chi connectivity index (χ3n) is 3.90. The van der Waals surface area contributed by atoms with E-state index in [-0.39, 0.29) is 0 Å². The number of nitrogens with one attached hydrogen (secondary N) is 2. The zero-order valence-electron chi connectivity index (χ0n) is 13.2. The average molecular weight is 256 g/mol. The van der Waals surface area contributed by atoms with Gasteiger partial charge in [-0.25, -0.2) is 0 Å². The van der Waals surface area contributed by atoms with Crippen LogP contribution in [0.3, 0.4) is 0 Å². The van der Waals surface area contributed by atoms with Crippen molar-refractivity contribution in [2.75, 3.05) is 26.2 Å². The van der Waals surface area contributed by atoms with Crippen molar-refractivity contribution < 1.29 is 0 Å². The quantitative estimate of drug-likeness (QED) is 0.802. The Kier molecular flexibility index (Phi) is 13.3. The van der Waals surface area contributed by atoms with Crippen LogP contribution >= 0.6 is 0 Å². The predicted octanol–water partition coefficient (Wildman–Crippen LogP) is 3.82. The molecule has 0 atom stereocenters. The average Bonchev–Trinajstić information content (AvgIpc) is 2.51. The molecule has 0 amide bonds. The highest BCUT2D eigenvalue weighted by Gasteiger charge is 2.17. The Bertz CT molecular complexity index is 129. The lowest BCUT2D eigenvalue weighted by molar-refractivity contribution is 0.286. The summed E-state index contributed by atoms with van der Waals surface area (Å²) >= 11 is 0. The van der Waals surface area contributed by atoms with Crippen LogP contribution in [0.4, 0.5) is 0 Å². The zero-order valence-corrected chi connectivity index (χ0v) is 13.2. The molecule has 2 heteroatoms. The largest absolute Gasteiger partial charge is 0.317 e. The maximum absolute atomic E-state index is 3.44. The van der Waals surface area contributed by atoms with Crippen molar-refractivity contribution in [3.63, 3.8) is 0 Å². The molecular formula is C16H36N2. The van der Waals surface area contributed by atoms with Crippen molar-refractivity contribution in [3.8, 4) is 0 Å². The highest BCUT2D eigenvalue weighted by Crippen LogP contribution is 2.24. The van der Waals surface area contributed by atoms with Crippen LogP contribution in [0.25, 0.3) is 0 Å². The minimum atomic E-state index is 1.03. The van der Waals surface area contributed by atoms with Gasteiger partial charge in [-0.2, -0.15) is 0 Å². The number of hydrogen-bond donors (Lipinski definition) is 2. The van der Waals surface area contributed by atoms with E-state index in [1.807, 2.05) is 27.7 Å². The standard InChI is InChI=1S/C12H24N2.2C2H6/c1(11-3-7-13-8-4-11)2-12-5-9-14-10-6-12;2*1-2/h11-14H,1-10H2;2*1-2H3. The fourth-order valence-electron chi connectivity index (χ4n) is 2.81. The molecule has 2 rings (SSSR count). The monoisotopic (exact) mass is 256 g/mol. The molecule has 18 heavy (non-hydrogen) atoms. The van der Waals surface area contributed by atoms with E-state index in [9.17, 15) is 0 Å². The summed E-state index contributed by atoms with van der Waals surface area (Å²) in [6.07, 6.45) is 8.67. The zero-order chi connectivity index (χ0) is 13.6. The third-order valence-corrected chi connectivity index (χ3v) is 3.90. The molecule has 0 saturated carbocycles. The lowest BCUT2D eigenvalue weighted by Gasteiger charge is -2.27. The van der Waals surface area contributed by atoms with E-state index >= 15 is 0 Å². The molecule has 2 heterocycles. The Balaban J connectivity index is 0.000000659. The van der Waals surface area contributed by atoms with Crippen LogP contribution in [-0.2, 0) is 0 Å². The molecule has 0 aromatic rings. The van der Waals surface area contributed by atoms with Crippen LogP contribution in [-0.4, -0.2) is 26.2 Å². The van der Waals surface area contributed by atoms with E-state index in [0.29, 0.717) is 0 Å². The molecule has 2 fully saturated rings. The van der Waals surface area contributed by atoms with E-state index < -0.39 is 0 Å². The van der Waals surface area contributed by atoms with Gasteiger partial charge in [0.1, 0.15) is 0 Å². The molecule has 2 saturated heterocycles. The van der Waals surface area contributed by atoms with Crippen molar-refractivity contribution in [2.24, 2.45) is 11.8 Å². The van der Waals surface area contributed by atoms with Crippen LogP contribution in [0.15, 0.2) is 0 Å². The van der Waals surface area contributed by atoms with Crippen molar-refractivity contribution >= 4 is 0 Å². The first kappa shape index (κ1) is 17.9. The number of rotatable bonds is 3. The highest BCUT2D eigenvalue weighted by atomic mass is 14.9. The molecule has 0 aromatic carbocycles. The van der Waals surface area contributed by atoms with E-state index in [4.69, 9.17) is 0 Å². The van der Waals surface area contributed by atoms with Crippen LogP contribution < -0.4 is 10.6 Å². The summed E-state index contributed by atoms with van der Waals surface area (Å²) < 4.78 is 0. The fraction of sp³-hybridized carbons (Fsp3) is 1.00. The van der Waals surface area contributed by atoms with E-state index in [2.05, 4.69) is 10.6 Å². The van der Waals surface area contributed by atoms with Crippen molar-refractivity contribution in [3.05, 3.63) is 0 Å². The van der Waals surface area contributed by atoms with Gasteiger partial charge in [-0.05, 0) is 63.7 Å². The molecule has 0 aliphatic carbocycles. The summed E-state index contributed by atoms with van der Waals surface area (Å²) in [6.45, 7) is 13.0. The van der Waals surface area contributed by atoms with Gasteiger partial charge in [0.2, 0.25) is 0 Å². The van der Waals surface area contributed by atoms with Gasteiger partial charge < -0.3 is 10.6 Å². The van der Waals surface area contributed by atoms with Gasteiger partial charge in [-0.15, -0.1) is 0 Å². The molecule has 0 spiro atoms. The summed E-state index contributed by atoms with van der Waals surface area (Å²) in [5.74, 6) is 2.07. The summed E-state index contributed by atoms with van der Waals surface area (Å²) in [7, 11) is 0. The first-order chi connectivity index (χ1) is 8.95. The summed E-state index contributed by atoms with van der Waals surface area (Å²) in [5, 5.41) is 6.89. The lowest BCUT2D eigenvalue weighted by Crippen LogP contribution is -2.30. The van der Waals surface area contributed by atoms with Gasteiger partial charge in [0.25, 0.3) is 0 Å². The molecule has 0 unspecified atom stereocenters. The maximum atomic E-state index is 3.44. The summed E-state index contributed by atoms with van der Waals surface area (Å²) in [4.78, 5) is 0. The molecule has 0 bridgehead atoms. The number of piperidine rings is 2. The predicted molar refractivity (Wildman–Crippen MR) is 83.1 cm³/mol. The summed E-state index contributed by atoms with van der Waals surface area (Å²) in [6, 6.07) is 0. The Labute approximate surface area is 115 Å². The fourth-order valence-corrected chi connectivity index (χ4v) is 2.81. The highest BCUT2D eigenvalue weighted by molar-refractivity contribution is 4.73. The maximum Gasteiger partial charge on any atom is -0.00463 e. The molecule has 2 nitrogen and oxygen atoms in total. The molecule has 2 aliphatic rings. The second-order valence-electron chi connectivity index (χ2n) is 4.96. The van der Waals surface area contributed by atoms with Crippen LogP contribution in [0.1, 0.15) is 66.2 Å². The number of hydrogen-bond acceptors (Lipinski definition) is 2. The molecule has 2 N–H and O–H groups in total. The second-order valence-corrected chi connectivity index (χ2v) is 4.96. The van der Waals surface area contributed by atoms with Crippen LogP contribution in [0, 0.1) is 11.8 Å². The van der Waals surface area contributed by atoms with E-state index in [1.165, 1.54) is 64.7 Å². The Hall–Kier alpha value is -0.0800. The molecule has 110 valence electrons. The molecule has 2 aliphatic heterocycles. The second kappa shape index (κ2) is 13.4. The minimum Gasteiger partial charge on any atom is -0.317 e. The SMILES string of the molecule is C1CC(CCC2CCNCC2)CCN1.CC.CC. The smallest absolute Gasteiger partial charge is 0.00463 e. The molecular weight excluding hydrogens is 220 g/mol. The normalized spacial score (nSPS) is 21.3. The minimum absolute atomic E-state index is 1.03. The van der Waals surface area contributed by atoms with Crippen molar-refractivity contribution in [1.82, 2.24) is 10.6 Å². The first-order valence-corrected chi connectivity index (χ1v) is 8.36. The Morgan fingerprint density at radius 1 is 0.611 bits per heavy atom. The van der Waals surface area contributed by atoms with Crippen molar-refractivity contribution in [1.29, 1.82) is 0 Å². The topological polar surface area (TPSA) is 24.1 Å². The van der Waals surface area contributed by atoms with Gasteiger partial charge in [0, 0.05) is 0 Å². The lowest BCUT2D eigenvalue weighted by atomic mass is 9.86. The van der Waals surface area contributed by atoms with Crippen molar-refractivity contribution in [2.45, 2.75) is 66.2 Å². The van der Waals surface area contributed by atoms with Crippen LogP contribution in [0.5, 0.6) is 0 Å². The molecule has 0 radical (unpaired) electrons. The van der Waals surface area contributed by atoms with Gasteiger partial charge >= 0.3 is 0 Å². The third kappa shape index (κ3) is 8.10. The van der Waals surface area contributed by atoms with Gasteiger partial charge in [-0.3, -0.25) is 0 Å². The molecule has 0 aromatic heterocycles. The van der Waals surface area contributed by atoms with Gasteiger partial charge in [-0.1, -0.05) is 40.5 Å². The Morgan fingerprint density at radius 2 is 0.889 bits per heavy atom.